The van der Waals surface area contributed by atoms with Gasteiger partial charge in [0.05, 0.1) is 32.6 Å². The molecule has 2 N–H and O–H groups in total. The molecule has 0 aliphatic rings. The molecule has 1 amide bonds. The number of hydrogen-bond acceptors (Lipinski definition) is 6. The Balaban J connectivity index is 0.00000484. The number of carbonyl (C=O) groups excluding carboxylic acids is 2. The van der Waals surface area contributed by atoms with Gasteiger partial charge in [-0.05, 0) is 19.2 Å². The van der Waals surface area contributed by atoms with E-state index in [1.165, 1.54) is 33.5 Å². The molecule has 0 aromatic heterocycles. The van der Waals surface area contributed by atoms with E-state index in [9.17, 15) is 9.59 Å². The molecule has 23 heavy (non-hydrogen) atoms. The number of esters is 1. The Morgan fingerprint density at radius 1 is 1.17 bits per heavy atom. The highest BCUT2D eigenvalue weighted by Gasteiger charge is 2.20. The first-order chi connectivity index (χ1) is 10.5. The third-order valence-corrected chi connectivity index (χ3v) is 3.12. The molecule has 1 unspecified atom stereocenters. The minimum atomic E-state index is -0.528. The highest BCUT2D eigenvalue weighted by Crippen LogP contribution is 2.37. The first kappa shape index (κ1) is 21.0. The van der Waals surface area contributed by atoms with Crippen molar-refractivity contribution in [2.75, 3.05) is 40.2 Å². The van der Waals surface area contributed by atoms with Crippen molar-refractivity contribution < 1.29 is 23.8 Å². The van der Waals surface area contributed by atoms with Gasteiger partial charge in [0.2, 0.25) is 5.91 Å². The van der Waals surface area contributed by atoms with Gasteiger partial charge in [-0.25, -0.2) is 4.79 Å². The summed E-state index contributed by atoms with van der Waals surface area (Å²) >= 11 is 0. The van der Waals surface area contributed by atoms with Crippen molar-refractivity contribution in [2.45, 2.75) is 6.92 Å². The van der Waals surface area contributed by atoms with Crippen LogP contribution in [0.25, 0.3) is 0 Å². The SMILES string of the molecule is CNCC(C)C(=O)Nc1cc(C(=O)OC)cc(OC)c1OC.Cl. The predicted octanol–water partition coefficient (Wildman–Crippen LogP) is 1.71. The Hall–Kier alpha value is -1.99. The summed E-state index contributed by atoms with van der Waals surface area (Å²) in [5, 5.41) is 5.68. The number of amides is 1. The number of anilines is 1. The third-order valence-electron chi connectivity index (χ3n) is 3.12. The van der Waals surface area contributed by atoms with Crippen LogP contribution in [0.15, 0.2) is 12.1 Å². The highest BCUT2D eigenvalue weighted by atomic mass is 35.5. The number of halogens is 1. The lowest BCUT2D eigenvalue weighted by Gasteiger charge is -2.17. The molecule has 7 nitrogen and oxygen atoms in total. The van der Waals surface area contributed by atoms with Gasteiger partial charge in [-0.3, -0.25) is 4.79 Å². The van der Waals surface area contributed by atoms with Gasteiger partial charge in [0, 0.05) is 12.5 Å². The van der Waals surface area contributed by atoms with Gasteiger partial charge in [-0.1, -0.05) is 6.92 Å². The van der Waals surface area contributed by atoms with Crippen LogP contribution in [0.2, 0.25) is 0 Å². The zero-order valence-corrected chi connectivity index (χ0v) is 14.7. The summed E-state index contributed by atoms with van der Waals surface area (Å²) in [5.41, 5.74) is 0.618. The standard InChI is InChI=1S/C15H22N2O5.ClH/c1-9(8-16-2)14(18)17-11-6-10(15(19)22-5)7-12(20-3)13(11)21-4;/h6-7,9,16H,8H2,1-5H3,(H,17,18);1H. The number of carbonyl (C=O) groups is 2. The van der Waals surface area contributed by atoms with Crippen molar-refractivity contribution >= 4 is 30.0 Å². The first-order valence-corrected chi connectivity index (χ1v) is 6.78. The van der Waals surface area contributed by atoms with E-state index in [0.29, 0.717) is 23.7 Å². The van der Waals surface area contributed by atoms with Crippen molar-refractivity contribution in [1.82, 2.24) is 5.32 Å². The van der Waals surface area contributed by atoms with Gasteiger partial charge in [-0.2, -0.15) is 0 Å². The predicted molar refractivity (Wildman–Crippen MR) is 89.9 cm³/mol. The Labute approximate surface area is 142 Å². The van der Waals surface area contributed by atoms with E-state index >= 15 is 0 Å². The van der Waals surface area contributed by atoms with E-state index in [2.05, 4.69) is 10.6 Å². The maximum absolute atomic E-state index is 12.2. The highest BCUT2D eigenvalue weighted by molar-refractivity contribution is 5.98. The molecular weight excluding hydrogens is 324 g/mol. The number of ether oxygens (including phenoxy) is 3. The third kappa shape index (κ3) is 5.30. The van der Waals surface area contributed by atoms with E-state index in [1.54, 1.807) is 14.0 Å². The minimum absolute atomic E-state index is 0. The van der Waals surface area contributed by atoms with Crippen LogP contribution in [-0.2, 0) is 9.53 Å². The van der Waals surface area contributed by atoms with Crippen LogP contribution in [0.1, 0.15) is 17.3 Å². The maximum Gasteiger partial charge on any atom is 0.338 e. The average Bonchev–Trinajstić information content (AvgIpc) is 2.53. The molecule has 0 heterocycles. The number of rotatable bonds is 7. The molecule has 0 bridgehead atoms. The fourth-order valence-corrected chi connectivity index (χ4v) is 1.95. The molecule has 130 valence electrons. The molecule has 1 rings (SSSR count). The number of benzene rings is 1. The molecule has 0 saturated heterocycles. The average molecular weight is 347 g/mol. The lowest BCUT2D eigenvalue weighted by molar-refractivity contribution is -0.119. The summed E-state index contributed by atoms with van der Waals surface area (Å²) in [6.45, 7) is 2.32. The molecule has 1 atom stereocenters. The summed E-state index contributed by atoms with van der Waals surface area (Å²) in [4.78, 5) is 23.9. The van der Waals surface area contributed by atoms with Gasteiger partial charge < -0.3 is 24.8 Å². The molecule has 0 saturated carbocycles. The van der Waals surface area contributed by atoms with Crippen LogP contribution in [0.5, 0.6) is 11.5 Å². The maximum atomic E-state index is 12.2. The summed E-state index contributed by atoms with van der Waals surface area (Å²) in [6.07, 6.45) is 0. The Kier molecular flexibility index (Phi) is 9.05. The van der Waals surface area contributed by atoms with E-state index < -0.39 is 5.97 Å². The van der Waals surface area contributed by atoms with Crippen LogP contribution < -0.4 is 20.1 Å². The van der Waals surface area contributed by atoms with Crippen molar-refractivity contribution in [2.24, 2.45) is 5.92 Å². The monoisotopic (exact) mass is 346 g/mol. The largest absolute Gasteiger partial charge is 0.493 e. The van der Waals surface area contributed by atoms with Gasteiger partial charge >= 0.3 is 5.97 Å². The molecule has 0 aliphatic carbocycles. The fraction of sp³-hybridized carbons (Fsp3) is 0.467. The van der Waals surface area contributed by atoms with Crippen LogP contribution in [0.4, 0.5) is 5.69 Å². The quantitative estimate of drug-likeness (QED) is 0.731. The fourth-order valence-electron chi connectivity index (χ4n) is 1.95. The van der Waals surface area contributed by atoms with Crippen LogP contribution >= 0.6 is 12.4 Å². The second-order valence-electron chi connectivity index (χ2n) is 4.70. The van der Waals surface area contributed by atoms with Gasteiger partial charge in [-0.15, -0.1) is 12.4 Å². The Morgan fingerprint density at radius 2 is 1.83 bits per heavy atom. The van der Waals surface area contributed by atoms with Gasteiger partial charge in [0.15, 0.2) is 11.5 Å². The molecule has 0 spiro atoms. The topological polar surface area (TPSA) is 85.9 Å². The second kappa shape index (κ2) is 9.91. The molecule has 8 heteroatoms. The zero-order valence-electron chi connectivity index (χ0n) is 13.9. The Bertz CT molecular complexity index is 551. The lowest BCUT2D eigenvalue weighted by atomic mass is 10.1. The van der Waals surface area contributed by atoms with Gasteiger partial charge in [0.25, 0.3) is 0 Å². The molecule has 0 fully saturated rings. The molecule has 1 aromatic carbocycles. The minimum Gasteiger partial charge on any atom is -0.493 e. The van der Waals surface area contributed by atoms with E-state index in [1.807, 2.05) is 0 Å². The first-order valence-electron chi connectivity index (χ1n) is 6.78. The van der Waals surface area contributed by atoms with Crippen LogP contribution in [-0.4, -0.2) is 46.8 Å². The van der Waals surface area contributed by atoms with Crippen molar-refractivity contribution in [3.05, 3.63) is 17.7 Å². The van der Waals surface area contributed by atoms with Gasteiger partial charge in [0.1, 0.15) is 0 Å². The van der Waals surface area contributed by atoms with Crippen LogP contribution in [0.3, 0.4) is 0 Å². The summed E-state index contributed by atoms with van der Waals surface area (Å²) in [5.74, 6) is -0.291. The number of nitrogens with one attached hydrogen (secondary N) is 2. The van der Waals surface area contributed by atoms with E-state index in [-0.39, 0.29) is 29.8 Å². The zero-order chi connectivity index (χ0) is 16.7. The number of methoxy groups -OCH3 is 3. The lowest BCUT2D eigenvalue weighted by Crippen LogP contribution is -2.28. The van der Waals surface area contributed by atoms with Crippen molar-refractivity contribution in [3.8, 4) is 11.5 Å². The second-order valence-corrected chi connectivity index (χ2v) is 4.70. The molecule has 0 radical (unpaired) electrons. The number of hydrogen-bond donors (Lipinski definition) is 2. The normalized spacial score (nSPS) is 11.0. The van der Waals surface area contributed by atoms with Crippen molar-refractivity contribution in [3.63, 3.8) is 0 Å². The van der Waals surface area contributed by atoms with Crippen LogP contribution in [0, 0.1) is 5.92 Å². The van der Waals surface area contributed by atoms with Crippen molar-refractivity contribution in [1.29, 1.82) is 0 Å². The molecule has 0 aliphatic heterocycles. The Morgan fingerprint density at radius 3 is 2.30 bits per heavy atom. The molecule has 1 aromatic rings. The smallest absolute Gasteiger partial charge is 0.338 e. The summed E-state index contributed by atoms with van der Waals surface area (Å²) in [7, 11) is 5.97. The molecular formula is C15H23ClN2O5. The summed E-state index contributed by atoms with van der Waals surface area (Å²) in [6, 6.07) is 2.99. The van der Waals surface area contributed by atoms with E-state index in [4.69, 9.17) is 14.2 Å². The van der Waals surface area contributed by atoms with E-state index in [0.717, 1.165) is 0 Å². The summed E-state index contributed by atoms with van der Waals surface area (Å²) < 4.78 is 15.2.